The number of nitrogens with zero attached hydrogens (tertiary/aromatic N) is 1. The molecule has 1 aliphatic heterocycles. The minimum absolute atomic E-state index is 0.0263. The van der Waals surface area contributed by atoms with E-state index >= 15 is 0 Å². The Morgan fingerprint density at radius 3 is 2.92 bits per heavy atom. The van der Waals surface area contributed by atoms with E-state index in [1.54, 1.807) is 0 Å². The quantitative estimate of drug-likeness (QED) is 0.668. The molecule has 0 aromatic carbocycles. The van der Waals surface area contributed by atoms with E-state index in [2.05, 4.69) is 0 Å². The average molecular weight is 187 g/mol. The van der Waals surface area contributed by atoms with Gasteiger partial charge in [-0.3, -0.25) is 9.63 Å². The summed E-state index contributed by atoms with van der Waals surface area (Å²) in [6.45, 7) is 2.53. The van der Waals surface area contributed by atoms with Gasteiger partial charge in [-0.05, 0) is 26.2 Å². The Morgan fingerprint density at radius 1 is 1.54 bits per heavy atom. The molecule has 0 radical (unpaired) electrons. The van der Waals surface area contributed by atoms with Gasteiger partial charge in [0.25, 0.3) is 0 Å². The second-order valence-corrected chi connectivity index (χ2v) is 3.06. The Balaban J connectivity index is 2.59. The fourth-order valence-corrected chi connectivity index (χ4v) is 1.55. The molecule has 0 aromatic rings. The molecule has 4 heteroatoms. The van der Waals surface area contributed by atoms with Gasteiger partial charge in [-0.2, -0.15) is 5.06 Å². The van der Waals surface area contributed by atoms with Crippen LogP contribution in [0.3, 0.4) is 0 Å². The minimum atomic E-state index is -0.190. The molecule has 1 aliphatic rings. The Bertz CT molecular complexity index is 172. The van der Waals surface area contributed by atoms with Crippen molar-refractivity contribution in [3.63, 3.8) is 0 Å². The highest BCUT2D eigenvalue weighted by molar-refractivity contribution is 5.75. The molecule has 76 valence electrons. The maximum absolute atomic E-state index is 11.5. The van der Waals surface area contributed by atoms with Crippen molar-refractivity contribution in [2.24, 2.45) is 0 Å². The Kier molecular flexibility index (Phi) is 4.18. The van der Waals surface area contributed by atoms with Gasteiger partial charge in [0.1, 0.15) is 0 Å². The van der Waals surface area contributed by atoms with Gasteiger partial charge in [-0.15, -0.1) is 0 Å². The zero-order valence-corrected chi connectivity index (χ0v) is 8.28. The van der Waals surface area contributed by atoms with E-state index in [4.69, 9.17) is 9.57 Å². The lowest BCUT2D eigenvalue weighted by Crippen LogP contribution is -2.39. The standard InChI is InChI=1S/C9H17NO3/c1-3-13-9-7-5-4-6-8(11)10(9)12-2/h9H,3-7H2,1-2H3. The summed E-state index contributed by atoms with van der Waals surface area (Å²) in [5.74, 6) is 0.0263. The van der Waals surface area contributed by atoms with Crippen molar-refractivity contribution in [1.29, 1.82) is 0 Å². The highest BCUT2D eigenvalue weighted by Gasteiger charge is 2.26. The number of carbonyl (C=O) groups excluding carboxylic acids is 1. The summed E-state index contributed by atoms with van der Waals surface area (Å²) in [7, 11) is 1.51. The summed E-state index contributed by atoms with van der Waals surface area (Å²) in [4.78, 5) is 16.5. The Morgan fingerprint density at radius 2 is 2.31 bits per heavy atom. The van der Waals surface area contributed by atoms with E-state index < -0.39 is 0 Å². The molecule has 1 unspecified atom stereocenters. The predicted molar refractivity (Wildman–Crippen MR) is 47.7 cm³/mol. The van der Waals surface area contributed by atoms with Crippen molar-refractivity contribution in [1.82, 2.24) is 5.06 Å². The average Bonchev–Trinajstić information content (AvgIpc) is 2.28. The van der Waals surface area contributed by atoms with Crippen molar-refractivity contribution < 1.29 is 14.4 Å². The third kappa shape index (κ3) is 2.67. The first-order chi connectivity index (χ1) is 6.29. The van der Waals surface area contributed by atoms with E-state index in [9.17, 15) is 4.79 Å². The fourth-order valence-electron chi connectivity index (χ4n) is 1.55. The molecule has 0 N–H and O–H groups in total. The molecule has 0 saturated carbocycles. The van der Waals surface area contributed by atoms with Crippen LogP contribution in [0.5, 0.6) is 0 Å². The lowest BCUT2D eigenvalue weighted by molar-refractivity contribution is -0.230. The van der Waals surface area contributed by atoms with Crippen molar-refractivity contribution in [2.45, 2.75) is 38.8 Å². The SMILES string of the molecule is CCOC1CCCCC(=O)N1OC. The lowest BCUT2D eigenvalue weighted by atomic mass is 10.2. The Labute approximate surface area is 78.8 Å². The van der Waals surface area contributed by atoms with Crippen molar-refractivity contribution in [3.05, 3.63) is 0 Å². The minimum Gasteiger partial charge on any atom is -0.356 e. The first-order valence-electron chi connectivity index (χ1n) is 4.77. The molecule has 1 atom stereocenters. The van der Waals surface area contributed by atoms with Gasteiger partial charge in [0, 0.05) is 13.0 Å². The van der Waals surface area contributed by atoms with Gasteiger partial charge in [0.05, 0.1) is 7.11 Å². The molecule has 1 saturated heterocycles. The van der Waals surface area contributed by atoms with Crippen LogP contribution in [0.2, 0.25) is 0 Å². The summed E-state index contributed by atoms with van der Waals surface area (Å²) >= 11 is 0. The smallest absolute Gasteiger partial charge is 0.248 e. The molecule has 1 heterocycles. The summed E-state index contributed by atoms with van der Waals surface area (Å²) in [6, 6.07) is 0. The van der Waals surface area contributed by atoms with Crippen LogP contribution in [0, 0.1) is 0 Å². The number of hydrogen-bond acceptors (Lipinski definition) is 3. The van der Waals surface area contributed by atoms with Gasteiger partial charge >= 0.3 is 0 Å². The van der Waals surface area contributed by atoms with Gasteiger partial charge in [-0.1, -0.05) is 0 Å². The third-order valence-electron chi connectivity index (χ3n) is 2.15. The van der Waals surface area contributed by atoms with Crippen molar-refractivity contribution >= 4 is 5.91 Å². The molecule has 0 spiro atoms. The molecule has 1 amide bonds. The lowest BCUT2D eigenvalue weighted by Gasteiger charge is -2.26. The van der Waals surface area contributed by atoms with Crippen LogP contribution < -0.4 is 0 Å². The summed E-state index contributed by atoms with van der Waals surface area (Å²) in [6.07, 6.45) is 3.20. The van der Waals surface area contributed by atoms with E-state index in [1.807, 2.05) is 6.92 Å². The molecule has 4 nitrogen and oxygen atoms in total. The molecule has 0 aromatic heterocycles. The van der Waals surface area contributed by atoms with Crippen LogP contribution >= 0.6 is 0 Å². The van der Waals surface area contributed by atoms with Crippen LogP contribution in [0.4, 0.5) is 0 Å². The van der Waals surface area contributed by atoms with E-state index in [0.29, 0.717) is 13.0 Å². The molecular weight excluding hydrogens is 170 g/mol. The third-order valence-corrected chi connectivity index (χ3v) is 2.15. The van der Waals surface area contributed by atoms with E-state index in [-0.39, 0.29) is 12.1 Å². The molecule has 1 fully saturated rings. The first kappa shape index (κ1) is 10.5. The van der Waals surface area contributed by atoms with Crippen molar-refractivity contribution in [2.75, 3.05) is 13.7 Å². The number of rotatable bonds is 3. The first-order valence-corrected chi connectivity index (χ1v) is 4.77. The number of ether oxygens (including phenoxy) is 1. The van der Waals surface area contributed by atoms with Crippen LogP contribution in [0.1, 0.15) is 32.6 Å². The van der Waals surface area contributed by atoms with Gasteiger partial charge in [-0.25, -0.2) is 0 Å². The monoisotopic (exact) mass is 187 g/mol. The number of amides is 1. The van der Waals surface area contributed by atoms with Gasteiger partial charge < -0.3 is 4.74 Å². The second-order valence-electron chi connectivity index (χ2n) is 3.06. The fraction of sp³-hybridized carbons (Fsp3) is 0.889. The van der Waals surface area contributed by atoms with Crippen LogP contribution in [0.25, 0.3) is 0 Å². The molecule has 13 heavy (non-hydrogen) atoms. The molecule has 0 aliphatic carbocycles. The Hall–Kier alpha value is -0.610. The molecule has 1 rings (SSSR count). The number of hydroxylamine groups is 2. The largest absolute Gasteiger partial charge is 0.356 e. The highest BCUT2D eigenvalue weighted by atomic mass is 16.7. The van der Waals surface area contributed by atoms with Gasteiger partial charge in [0.15, 0.2) is 6.23 Å². The molecular formula is C9H17NO3. The van der Waals surface area contributed by atoms with E-state index in [1.165, 1.54) is 12.2 Å². The normalized spacial score (nSPS) is 24.6. The van der Waals surface area contributed by atoms with Crippen molar-refractivity contribution in [3.8, 4) is 0 Å². The summed E-state index contributed by atoms with van der Waals surface area (Å²) < 4.78 is 5.42. The van der Waals surface area contributed by atoms with Crippen LogP contribution in [0.15, 0.2) is 0 Å². The number of hydrogen-bond donors (Lipinski definition) is 0. The summed E-state index contributed by atoms with van der Waals surface area (Å²) in [5.41, 5.74) is 0. The molecule has 0 bridgehead atoms. The topological polar surface area (TPSA) is 38.8 Å². The van der Waals surface area contributed by atoms with Gasteiger partial charge in [0.2, 0.25) is 5.91 Å². The highest BCUT2D eigenvalue weighted by Crippen LogP contribution is 2.18. The zero-order chi connectivity index (χ0) is 9.68. The zero-order valence-electron chi connectivity index (χ0n) is 8.28. The van der Waals surface area contributed by atoms with Crippen LogP contribution in [-0.4, -0.2) is 30.9 Å². The maximum Gasteiger partial charge on any atom is 0.248 e. The second kappa shape index (κ2) is 5.19. The van der Waals surface area contributed by atoms with Crippen LogP contribution in [-0.2, 0) is 14.4 Å². The summed E-state index contributed by atoms with van der Waals surface area (Å²) in [5, 5.41) is 1.36. The number of carbonyl (C=O) groups is 1. The maximum atomic E-state index is 11.5. The predicted octanol–water partition coefficient (Wildman–Crippen LogP) is 1.31. The van der Waals surface area contributed by atoms with E-state index in [0.717, 1.165) is 19.3 Å².